The molecule has 0 bridgehead atoms. The molecule has 1 unspecified atom stereocenters. The van der Waals surface area contributed by atoms with Crippen LogP contribution in [0.3, 0.4) is 0 Å². The summed E-state index contributed by atoms with van der Waals surface area (Å²) in [5.74, 6) is -1.09. The highest BCUT2D eigenvalue weighted by atomic mass is 19.4. The van der Waals surface area contributed by atoms with E-state index in [2.05, 4.69) is 5.32 Å². The van der Waals surface area contributed by atoms with Crippen molar-refractivity contribution >= 4 is 17.6 Å². The lowest BCUT2D eigenvalue weighted by molar-refractivity contribution is -0.169. The summed E-state index contributed by atoms with van der Waals surface area (Å²) in [4.78, 5) is 25.9. The van der Waals surface area contributed by atoms with E-state index in [1.54, 1.807) is 20.8 Å². The Kier molecular flexibility index (Phi) is 9.31. The van der Waals surface area contributed by atoms with Gasteiger partial charge in [0.05, 0.1) is 5.56 Å². The van der Waals surface area contributed by atoms with Crippen molar-refractivity contribution in [2.45, 2.75) is 65.3 Å². The van der Waals surface area contributed by atoms with Gasteiger partial charge in [-0.25, -0.2) is 0 Å². The van der Waals surface area contributed by atoms with Crippen molar-refractivity contribution in [1.29, 1.82) is 0 Å². The fraction of sp³-hybridized carbons (Fsp3) is 0.619. The number of rotatable bonds is 9. The predicted octanol–water partition coefficient (Wildman–Crippen LogP) is 3.62. The first-order valence-electron chi connectivity index (χ1n) is 9.82. The van der Waals surface area contributed by atoms with Crippen LogP contribution in [0.15, 0.2) is 24.3 Å². The summed E-state index contributed by atoms with van der Waals surface area (Å²) in [6.07, 6.45) is -6.95. The molecule has 1 aromatic rings. The maximum absolute atomic E-state index is 12.8. The van der Waals surface area contributed by atoms with Gasteiger partial charge in [-0.15, -0.1) is 0 Å². The van der Waals surface area contributed by atoms with Crippen molar-refractivity contribution in [3.8, 4) is 0 Å². The molecule has 7 nitrogen and oxygen atoms in total. The summed E-state index contributed by atoms with van der Waals surface area (Å²) in [5.41, 5.74) is -1.35. The van der Waals surface area contributed by atoms with Crippen LogP contribution < -0.4 is 5.32 Å². The quantitative estimate of drug-likeness (QED) is 0.443. The third-order valence-electron chi connectivity index (χ3n) is 3.92. The Balaban J connectivity index is 2.77. The van der Waals surface area contributed by atoms with E-state index in [4.69, 9.17) is 9.47 Å². The van der Waals surface area contributed by atoms with Gasteiger partial charge in [-0.3, -0.25) is 9.59 Å². The van der Waals surface area contributed by atoms with Crippen LogP contribution in [0.4, 0.5) is 18.9 Å². The fourth-order valence-corrected chi connectivity index (χ4v) is 2.62. The minimum absolute atomic E-state index is 0.0298. The molecule has 10 heteroatoms. The maximum Gasteiger partial charge on any atom is 0.416 e. The lowest BCUT2D eigenvalue weighted by atomic mass is 10.0. The van der Waals surface area contributed by atoms with Gasteiger partial charge < -0.3 is 24.8 Å². The Morgan fingerprint density at radius 2 is 1.68 bits per heavy atom. The van der Waals surface area contributed by atoms with Gasteiger partial charge in [-0.1, -0.05) is 13.8 Å². The molecule has 1 aromatic carbocycles. The zero-order valence-electron chi connectivity index (χ0n) is 18.6. The first-order valence-corrected chi connectivity index (χ1v) is 9.82. The Hall–Kier alpha value is -2.33. The first kappa shape index (κ1) is 26.7. The third kappa shape index (κ3) is 10.0. The van der Waals surface area contributed by atoms with E-state index < -0.39 is 41.7 Å². The molecule has 0 radical (unpaired) electrons. The van der Waals surface area contributed by atoms with Crippen LogP contribution in [0.25, 0.3) is 0 Å². The van der Waals surface area contributed by atoms with Gasteiger partial charge in [0.2, 0.25) is 6.41 Å². The van der Waals surface area contributed by atoms with E-state index in [-0.39, 0.29) is 24.6 Å². The van der Waals surface area contributed by atoms with Crippen LogP contribution in [-0.2, 0) is 25.2 Å². The summed E-state index contributed by atoms with van der Waals surface area (Å²) in [6.45, 7) is 8.54. The number of benzene rings is 1. The highest BCUT2D eigenvalue weighted by Gasteiger charge is 2.31. The van der Waals surface area contributed by atoms with Crippen molar-refractivity contribution in [3.63, 3.8) is 0 Å². The highest BCUT2D eigenvalue weighted by Crippen LogP contribution is 2.30. The summed E-state index contributed by atoms with van der Waals surface area (Å²) >= 11 is 0. The maximum atomic E-state index is 12.8. The molecule has 0 fully saturated rings. The molecule has 2 atom stereocenters. The van der Waals surface area contributed by atoms with Crippen molar-refractivity contribution < 1.29 is 37.3 Å². The monoisotopic (exact) mass is 448 g/mol. The number of carbonyl (C=O) groups excluding carboxylic acids is 2. The van der Waals surface area contributed by atoms with Gasteiger partial charge >= 0.3 is 12.1 Å². The predicted molar refractivity (Wildman–Crippen MR) is 109 cm³/mol. The minimum atomic E-state index is -4.47. The number of nitrogens with zero attached hydrogens (tertiary/aromatic N) is 1. The van der Waals surface area contributed by atoms with Crippen LogP contribution in [0, 0.1) is 5.92 Å². The largest absolute Gasteiger partial charge is 0.459 e. The highest BCUT2D eigenvalue weighted by molar-refractivity contribution is 5.85. The zero-order chi connectivity index (χ0) is 24.0. The number of ether oxygens (including phenoxy) is 2. The normalized spacial score (nSPS) is 14.2. The lowest BCUT2D eigenvalue weighted by Crippen LogP contribution is -2.44. The molecule has 0 aliphatic carbocycles. The number of aliphatic hydroxyl groups excluding tert-OH is 1. The van der Waals surface area contributed by atoms with E-state index >= 15 is 0 Å². The second-order valence-corrected chi connectivity index (χ2v) is 8.61. The number of carbonyl (C=O) groups is 2. The van der Waals surface area contributed by atoms with Crippen molar-refractivity contribution in [3.05, 3.63) is 29.8 Å². The molecule has 0 aliphatic rings. The molecule has 1 rings (SSSR count). The number of alkyl halides is 3. The fourth-order valence-electron chi connectivity index (χ4n) is 2.62. The molecular weight excluding hydrogens is 417 g/mol. The van der Waals surface area contributed by atoms with Gasteiger partial charge in [0.25, 0.3) is 5.91 Å². The topological polar surface area (TPSA) is 88.1 Å². The Morgan fingerprint density at radius 1 is 1.13 bits per heavy atom. The number of halogens is 3. The van der Waals surface area contributed by atoms with E-state index in [1.807, 2.05) is 13.8 Å². The van der Waals surface area contributed by atoms with Gasteiger partial charge in [0.1, 0.15) is 18.2 Å². The molecule has 0 saturated heterocycles. The summed E-state index contributed by atoms with van der Waals surface area (Å²) in [6, 6.07) is 4.01. The number of anilines is 1. The average Bonchev–Trinajstić information content (AvgIpc) is 2.57. The molecule has 176 valence electrons. The van der Waals surface area contributed by atoms with Crippen molar-refractivity contribution in [1.82, 2.24) is 4.90 Å². The van der Waals surface area contributed by atoms with E-state index in [9.17, 15) is 27.9 Å². The average molecular weight is 448 g/mol. The van der Waals surface area contributed by atoms with Crippen LogP contribution in [-0.4, -0.2) is 53.6 Å². The van der Waals surface area contributed by atoms with Crippen molar-refractivity contribution in [2.75, 3.05) is 18.9 Å². The number of nitrogens with one attached hydrogen (secondary N) is 1. The molecule has 0 saturated carbocycles. The molecule has 0 heterocycles. The summed E-state index contributed by atoms with van der Waals surface area (Å²) in [7, 11) is 1.42. The molecule has 0 aromatic heterocycles. The molecule has 0 spiro atoms. The molecule has 1 amide bonds. The van der Waals surface area contributed by atoms with Gasteiger partial charge in [-0.05, 0) is 57.4 Å². The van der Waals surface area contributed by atoms with Gasteiger partial charge in [-0.2, -0.15) is 13.2 Å². The number of hydrogen-bond donors (Lipinski definition) is 2. The molecular formula is C21H31F3N2O5. The van der Waals surface area contributed by atoms with Gasteiger partial charge in [0.15, 0.2) is 0 Å². The molecule has 2 N–H and O–H groups in total. The first-order chi connectivity index (χ1) is 14.1. The smallest absolute Gasteiger partial charge is 0.416 e. The Morgan fingerprint density at radius 3 is 2.13 bits per heavy atom. The summed E-state index contributed by atoms with van der Waals surface area (Å²) in [5, 5.41) is 12.7. The number of esters is 1. The van der Waals surface area contributed by atoms with Crippen LogP contribution in [0.1, 0.15) is 46.6 Å². The van der Waals surface area contributed by atoms with Gasteiger partial charge in [0, 0.05) is 12.7 Å². The number of hydrogen-bond acceptors (Lipinski definition) is 6. The van der Waals surface area contributed by atoms with Crippen LogP contribution in [0.5, 0.6) is 0 Å². The SMILES string of the molecule is CC(C)C[C@H](OC(O)Nc1ccc(C(F)(F)F)cc1)C(=O)N(C)CC(=O)OC(C)(C)C. The minimum Gasteiger partial charge on any atom is -0.459 e. The standard InChI is InChI=1S/C21H31F3N2O5/c1-13(2)11-16(18(28)26(6)12-17(27)31-20(3,4)5)30-19(29)25-15-9-7-14(8-10-15)21(22,23)24/h7-10,13,16,19,25,29H,11-12H2,1-6H3/t16-,19?/m0/s1. The summed E-state index contributed by atoms with van der Waals surface area (Å²) < 4.78 is 48.6. The van der Waals surface area contributed by atoms with Crippen molar-refractivity contribution in [2.24, 2.45) is 5.92 Å². The number of aliphatic hydroxyl groups is 1. The number of amides is 1. The van der Waals surface area contributed by atoms with E-state index in [0.29, 0.717) is 0 Å². The second-order valence-electron chi connectivity index (χ2n) is 8.61. The van der Waals surface area contributed by atoms with E-state index in [0.717, 1.165) is 29.2 Å². The second kappa shape index (κ2) is 10.8. The zero-order valence-corrected chi connectivity index (χ0v) is 18.6. The third-order valence-corrected chi connectivity index (χ3v) is 3.92. The molecule has 0 aliphatic heterocycles. The lowest BCUT2D eigenvalue weighted by Gasteiger charge is -2.28. The Labute approximate surface area is 180 Å². The van der Waals surface area contributed by atoms with Crippen LogP contribution >= 0.6 is 0 Å². The van der Waals surface area contributed by atoms with E-state index in [1.165, 1.54) is 7.05 Å². The molecule has 31 heavy (non-hydrogen) atoms. The number of likely N-dealkylation sites (N-methyl/N-ethyl adjacent to an activating group) is 1. The Bertz CT molecular complexity index is 730. The van der Waals surface area contributed by atoms with Crippen LogP contribution in [0.2, 0.25) is 0 Å².